The lowest BCUT2D eigenvalue weighted by Crippen LogP contribution is -2.23. The third-order valence-electron chi connectivity index (χ3n) is 2.49. The molecule has 2 aromatic rings. The highest BCUT2D eigenvalue weighted by Crippen LogP contribution is 2.34. The molecule has 0 bridgehead atoms. The van der Waals surface area contributed by atoms with Gasteiger partial charge < -0.3 is 5.73 Å². The molecule has 0 saturated heterocycles. The van der Waals surface area contributed by atoms with Gasteiger partial charge in [0.15, 0.2) is 0 Å². The van der Waals surface area contributed by atoms with Crippen LogP contribution in [0, 0.1) is 0 Å². The van der Waals surface area contributed by atoms with E-state index in [4.69, 9.17) is 5.73 Å². The van der Waals surface area contributed by atoms with Gasteiger partial charge in [0.1, 0.15) is 0 Å². The standard InChI is InChI=1S/C14H15INP/c15-14(16)11-17(12-7-3-1-4-8-12)13-9-5-2-6-10-13/h1-10,14H,11,16H2. The fraction of sp³-hybridized carbons (Fsp3) is 0.143. The van der Waals surface area contributed by atoms with Crippen LogP contribution in [0.25, 0.3) is 0 Å². The summed E-state index contributed by atoms with van der Waals surface area (Å²) in [6.45, 7) is 0. The van der Waals surface area contributed by atoms with Crippen molar-refractivity contribution in [2.24, 2.45) is 5.73 Å². The molecule has 0 heterocycles. The van der Waals surface area contributed by atoms with Gasteiger partial charge in [-0.1, -0.05) is 83.3 Å². The number of alkyl halides is 1. The molecule has 2 rings (SSSR count). The molecule has 1 unspecified atom stereocenters. The predicted octanol–water partition coefficient (Wildman–Crippen LogP) is 2.84. The van der Waals surface area contributed by atoms with Crippen LogP contribution in [-0.4, -0.2) is 10.2 Å². The molecular formula is C14H15INP. The SMILES string of the molecule is NC(I)CP(c1ccccc1)c1ccccc1. The Morgan fingerprint density at radius 3 is 1.65 bits per heavy atom. The molecule has 0 aliphatic heterocycles. The van der Waals surface area contributed by atoms with Gasteiger partial charge in [-0.2, -0.15) is 0 Å². The molecule has 2 aromatic carbocycles. The number of nitrogens with two attached hydrogens (primary N) is 1. The van der Waals surface area contributed by atoms with Gasteiger partial charge in [-0.3, -0.25) is 0 Å². The van der Waals surface area contributed by atoms with Gasteiger partial charge >= 0.3 is 0 Å². The quantitative estimate of drug-likeness (QED) is 0.388. The first-order valence-corrected chi connectivity index (χ1v) is 8.32. The van der Waals surface area contributed by atoms with Crippen molar-refractivity contribution in [2.75, 3.05) is 6.16 Å². The summed E-state index contributed by atoms with van der Waals surface area (Å²) in [6, 6.07) is 21.4. The van der Waals surface area contributed by atoms with E-state index in [1.807, 2.05) is 0 Å². The van der Waals surface area contributed by atoms with Crippen molar-refractivity contribution in [1.29, 1.82) is 0 Å². The number of hydrogen-bond donors (Lipinski definition) is 1. The molecule has 0 aliphatic carbocycles. The first kappa shape index (κ1) is 13.0. The molecule has 0 aliphatic rings. The van der Waals surface area contributed by atoms with Crippen LogP contribution in [0.4, 0.5) is 0 Å². The largest absolute Gasteiger partial charge is 0.319 e. The van der Waals surface area contributed by atoms with E-state index < -0.39 is 0 Å². The van der Waals surface area contributed by atoms with Gasteiger partial charge in [-0.05, 0) is 18.5 Å². The van der Waals surface area contributed by atoms with Crippen molar-refractivity contribution in [3.05, 3.63) is 60.7 Å². The van der Waals surface area contributed by atoms with Crippen LogP contribution in [0.3, 0.4) is 0 Å². The summed E-state index contributed by atoms with van der Waals surface area (Å²) in [5, 5.41) is 2.81. The Bertz CT molecular complexity index is 405. The van der Waals surface area contributed by atoms with E-state index >= 15 is 0 Å². The second-order valence-corrected chi connectivity index (χ2v) is 7.65. The van der Waals surface area contributed by atoms with E-state index in [0.717, 1.165) is 6.16 Å². The van der Waals surface area contributed by atoms with Gasteiger partial charge in [0, 0.05) is 6.16 Å². The lowest BCUT2D eigenvalue weighted by molar-refractivity contribution is 1.10. The molecule has 0 saturated carbocycles. The summed E-state index contributed by atoms with van der Waals surface area (Å²) in [5.41, 5.74) is 5.97. The Kier molecular flexibility index (Phi) is 4.96. The van der Waals surface area contributed by atoms with Crippen molar-refractivity contribution in [3.63, 3.8) is 0 Å². The summed E-state index contributed by atoms with van der Waals surface area (Å²) in [6.07, 6.45) is 1.03. The normalized spacial score (nSPS) is 12.6. The van der Waals surface area contributed by atoms with E-state index in [0.29, 0.717) is 0 Å². The zero-order valence-electron chi connectivity index (χ0n) is 9.46. The van der Waals surface area contributed by atoms with Gasteiger partial charge in [0.25, 0.3) is 0 Å². The maximum absolute atomic E-state index is 5.97. The highest BCUT2D eigenvalue weighted by Gasteiger charge is 2.15. The summed E-state index contributed by atoms with van der Waals surface area (Å²) in [7, 11) is -0.323. The minimum Gasteiger partial charge on any atom is -0.319 e. The number of rotatable bonds is 4. The van der Waals surface area contributed by atoms with Crippen molar-refractivity contribution >= 4 is 41.1 Å². The molecule has 0 radical (unpaired) electrons. The Labute approximate surface area is 117 Å². The topological polar surface area (TPSA) is 26.0 Å². The van der Waals surface area contributed by atoms with Crippen molar-refractivity contribution in [1.82, 2.24) is 0 Å². The Morgan fingerprint density at radius 2 is 1.29 bits per heavy atom. The van der Waals surface area contributed by atoms with E-state index in [-0.39, 0.29) is 12.0 Å². The molecular weight excluding hydrogens is 340 g/mol. The molecule has 0 amide bonds. The number of halogens is 1. The molecule has 1 atom stereocenters. The van der Waals surface area contributed by atoms with E-state index in [9.17, 15) is 0 Å². The van der Waals surface area contributed by atoms with Crippen LogP contribution in [0.15, 0.2) is 60.7 Å². The smallest absolute Gasteiger partial charge is 0.0614 e. The Balaban J connectivity index is 2.32. The van der Waals surface area contributed by atoms with Gasteiger partial charge in [-0.25, -0.2) is 0 Å². The minimum atomic E-state index is -0.323. The zero-order valence-corrected chi connectivity index (χ0v) is 12.5. The first-order chi connectivity index (χ1) is 8.27. The summed E-state index contributed by atoms with van der Waals surface area (Å²) >= 11 is 2.31. The highest BCUT2D eigenvalue weighted by molar-refractivity contribution is 14.1. The average molecular weight is 355 g/mol. The van der Waals surface area contributed by atoms with Crippen LogP contribution in [0.5, 0.6) is 0 Å². The summed E-state index contributed by atoms with van der Waals surface area (Å²) in [4.78, 5) is 0. The summed E-state index contributed by atoms with van der Waals surface area (Å²) < 4.78 is 0.208. The average Bonchev–Trinajstić information content (AvgIpc) is 2.38. The van der Waals surface area contributed by atoms with Crippen LogP contribution in [0.1, 0.15) is 0 Å². The van der Waals surface area contributed by atoms with Crippen molar-refractivity contribution < 1.29 is 0 Å². The lowest BCUT2D eigenvalue weighted by atomic mass is 10.4. The maximum Gasteiger partial charge on any atom is 0.0614 e. The third-order valence-corrected chi connectivity index (χ3v) is 6.23. The highest BCUT2D eigenvalue weighted by atomic mass is 127. The molecule has 0 aromatic heterocycles. The molecule has 0 spiro atoms. The second kappa shape index (κ2) is 6.48. The molecule has 1 nitrogen and oxygen atoms in total. The van der Waals surface area contributed by atoms with E-state index in [2.05, 4.69) is 83.3 Å². The summed E-state index contributed by atoms with van der Waals surface area (Å²) in [5.74, 6) is 0. The molecule has 17 heavy (non-hydrogen) atoms. The number of hydrogen-bond acceptors (Lipinski definition) is 1. The minimum absolute atomic E-state index is 0.208. The number of benzene rings is 2. The second-order valence-electron chi connectivity index (χ2n) is 3.80. The Morgan fingerprint density at radius 1 is 0.882 bits per heavy atom. The Hall–Kier alpha value is -0.440. The van der Waals surface area contributed by atoms with E-state index in [1.165, 1.54) is 10.6 Å². The zero-order chi connectivity index (χ0) is 12.1. The van der Waals surface area contributed by atoms with Crippen molar-refractivity contribution in [2.45, 2.75) is 4.05 Å². The maximum atomic E-state index is 5.97. The van der Waals surface area contributed by atoms with E-state index in [1.54, 1.807) is 0 Å². The molecule has 3 heteroatoms. The third kappa shape index (κ3) is 3.77. The fourth-order valence-electron chi connectivity index (χ4n) is 1.75. The first-order valence-electron chi connectivity index (χ1n) is 5.54. The van der Waals surface area contributed by atoms with Gasteiger partial charge in [0.05, 0.1) is 4.05 Å². The lowest BCUT2D eigenvalue weighted by Gasteiger charge is -2.19. The fourth-order valence-corrected chi connectivity index (χ4v) is 5.06. The van der Waals surface area contributed by atoms with Gasteiger partial charge in [0.2, 0.25) is 0 Å². The van der Waals surface area contributed by atoms with Gasteiger partial charge in [-0.15, -0.1) is 0 Å². The monoisotopic (exact) mass is 355 g/mol. The van der Waals surface area contributed by atoms with Crippen LogP contribution >= 0.6 is 30.5 Å². The molecule has 88 valence electrons. The van der Waals surface area contributed by atoms with Crippen molar-refractivity contribution in [3.8, 4) is 0 Å². The van der Waals surface area contributed by atoms with Crippen LogP contribution in [0.2, 0.25) is 0 Å². The molecule has 2 N–H and O–H groups in total. The molecule has 0 fully saturated rings. The predicted molar refractivity (Wildman–Crippen MR) is 85.9 cm³/mol. The van der Waals surface area contributed by atoms with Crippen LogP contribution in [-0.2, 0) is 0 Å². The van der Waals surface area contributed by atoms with Crippen LogP contribution < -0.4 is 16.3 Å².